The molecule has 0 aromatic carbocycles. The molecule has 0 saturated carbocycles. The number of aliphatic hydroxyl groups excluding tert-OH is 1. The van der Waals surface area contributed by atoms with E-state index in [4.69, 9.17) is 15.3 Å². The maximum atomic E-state index is 9.06. The molecule has 3 nitrogen and oxygen atoms in total. The van der Waals surface area contributed by atoms with E-state index in [9.17, 15) is 0 Å². The fraction of sp³-hybridized carbons (Fsp3) is 0.600. The first-order valence-corrected chi connectivity index (χ1v) is 4.62. The van der Waals surface area contributed by atoms with E-state index in [0.717, 1.165) is 25.0 Å². The number of hydrogen-bond donors (Lipinski definition) is 2. The van der Waals surface area contributed by atoms with E-state index >= 15 is 0 Å². The molecule has 3 heteroatoms. The first-order chi connectivity index (χ1) is 6.20. The highest BCUT2D eigenvalue weighted by atomic mass is 16.3. The maximum Gasteiger partial charge on any atom is 0.103 e. The van der Waals surface area contributed by atoms with Gasteiger partial charge in [0.1, 0.15) is 5.76 Å². The van der Waals surface area contributed by atoms with E-state index in [1.165, 1.54) is 0 Å². The number of aryl methyl sites for hydroxylation is 1. The van der Waals surface area contributed by atoms with Crippen LogP contribution in [0, 0.1) is 0 Å². The van der Waals surface area contributed by atoms with Crippen molar-refractivity contribution in [2.45, 2.75) is 31.7 Å². The molecule has 1 aromatic heterocycles. The van der Waals surface area contributed by atoms with Crippen LogP contribution in [0.3, 0.4) is 0 Å². The predicted octanol–water partition coefficient (Wildman–Crippen LogP) is 1.31. The molecule has 1 heterocycles. The molecule has 0 amide bonds. The Morgan fingerprint density at radius 2 is 2.38 bits per heavy atom. The van der Waals surface area contributed by atoms with Crippen molar-refractivity contribution in [2.75, 3.05) is 6.61 Å². The van der Waals surface area contributed by atoms with E-state index in [-0.39, 0.29) is 6.61 Å². The Kier molecular flexibility index (Phi) is 3.51. The lowest BCUT2D eigenvalue weighted by Gasteiger charge is -2.24. The lowest BCUT2D eigenvalue weighted by atomic mass is 9.92. The highest BCUT2D eigenvalue weighted by Crippen LogP contribution is 2.15. The quantitative estimate of drug-likeness (QED) is 0.723. The van der Waals surface area contributed by atoms with E-state index in [1.54, 1.807) is 6.26 Å². The Labute approximate surface area is 78.5 Å². The minimum Gasteiger partial charge on any atom is -0.469 e. The highest BCUT2D eigenvalue weighted by Gasteiger charge is 2.21. The number of aliphatic hydroxyl groups is 1. The molecule has 3 N–H and O–H groups in total. The van der Waals surface area contributed by atoms with Crippen molar-refractivity contribution in [3.8, 4) is 0 Å². The smallest absolute Gasteiger partial charge is 0.103 e. The summed E-state index contributed by atoms with van der Waals surface area (Å²) in [5.74, 6) is 0.928. The molecule has 0 spiro atoms. The normalized spacial score (nSPS) is 15.6. The van der Waals surface area contributed by atoms with Gasteiger partial charge in [-0.25, -0.2) is 0 Å². The Bertz CT molecular complexity index is 227. The van der Waals surface area contributed by atoms with Crippen LogP contribution in [-0.2, 0) is 6.42 Å². The predicted molar refractivity (Wildman–Crippen MR) is 51.3 cm³/mol. The van der Waals surface area contributed by atoms with Gasteiger partial charge in [-0.15, -0.1) is 0 Å². The zero-order chi connectivity index (χ0) is 9.73. The molecule has 0 bridgehead atoms. The van der Waals surface area contributed by atoms with Crippen LogP contribution >= 0.6 is 0 Å². The van der Waals surface area contributed by atoms with Crippen LogP contribution in [0.5, 0.6) is 0 Å². The minimum absolute atomic E-state index is 0.0320. The lowest BCUT2D eigenvalue weighted by Crippen LogP contribution is -2.43. The average Bonchev–Trinajstić information content (AvgIpc) is 2.67. The number of nitrogens with two attached hydrogens (primary N) is 1. The Morgan fingerprint density at radius 3 is 2.85 bits per heavy atom. The summed E-state index contributed by atoms with van der Waals surface area (Å²) >= 11 is 0. The fourth-order valence-electron chi connectivity index (χ4n) is 1.19. The standard InChI is InChI=1S/C10H17NO2/c1-2-10(11,8-12)6-5-9-4-3-7-13-9/h3-4,7,12H,2,5-6,8,11H2,1H3/t10-/m1/s1. The highest BCUT2D eigenvalue weighted by molar-refractivity contribution is 5.00. The fourth-order valence-corrected chi connectivity index (χ4v) is 1.19. The van der Waals surface area contributed by atoms with Gasteiger partial charge in [-0.05, 0) is 25.0 Å². The monoisotopic (exact) mass is 183 g/mol. The zero-order valence-electron chi connectivity index (χ0n) is 7.99. The van der Waals surface area contributed by atoms with Crippen molar-refractivity contribution in [1.29, 1.82) is 0 Å². The molecular weight excluding hydrogens is 166 g/mol. The second kappa shape index (κ2) is 4.44. The molecule has 74 valence electrons. The molecule has 0 aliphatic carbocycles. The summed E-state index contributed by atoms with van der Waals surface area (Å²) in [6.45, 7) is 2.02. The third-order valence-corrected chi connectivity index (χ3v) is 2.47. The second-order valence-corrected chi connectivity index (χ2v) is 3.45. The molecule has 0 aliphatic rings. The topological polar surface area (TPSA) is 59.4 Å². The molecular formula is C10H17NO2. The van der Waals surface area contributed by atoms with Gasteiger partial charge < -0.3 is 15.3 Å². The summed E-state index contributed by atoms with van der Waals surface area (Å²) in [7, 11) is 0. The van der Waals surface area contributed by atoms with Gasteiger partial charge in [0.15, 0.2) is 0 Å². The van der Waals surface area contributed by atoms with Gasteiger partial charge in [0.2, 0.25) is 0 Å². The van der Waals surface area contributed by atoms with Crippen molar-refractivity contribution in [3.05, 3.63) is 24.2 Å². The Morgan fingerprint density at radius 1 is 1.62 bits per heavy atom. The van der Waals surface area contributed by atoms with Crippen LogP contribution in [0.2, 0.25) is 0 Å². The SMILES string of the molecule is CC[C@](N)(CO)CCc1ccco1. The first-order valence-electron chi connectivity index (χ1n) is 4.62. The van der Waals surface area contributed by atoms with Crippen LogP contribution in [0.4, 0.5) is 0 Å². The van der Waals surface area contributed by atoms with Crippen molar-refractivity contribution < 1.29 is 9.52 Å². The van der Waals surface area contributed by atoms with Gasteiger partial charge >= 0.3 is 0 Å². The number of hydrogen-bond acceptors (Lipinski definition) is 3. The van der Waals surface area contributed by atoms with Crippen molar-refractivity contribution in [3.63, 3.8) is 0 Å². The van der Waals surface area contributed by atoms with E-state index < -0.39 is 5.54 Å². The number of furan rings is 1. The summed E-state index contributed by atoms with van der Waals surface area (Å²) in [4.78, 5) is 0. The lowest BCUT2D eigenvalue weighted by molar-refractivity contribution is 0.181. The van der Waals surface area contributed by atoms with Gasteiger partial charge in [-0.2, -0.15) is 0 Å². The van der Waals surface area contributed by atoms with Crippen molar-refractivity contribution in [1.82, 2.24) is 0 Å². The van der Waals surface area contributed by atoms with Gasteiger partial charge in [0.25, 0.3) is 0 Å². The Balaban J connectivity index is 2.41. The minimum atomic E-state index is -0.452. The van der Waals surface area contributed by atoms with Crippen molar-refractivity contribution >= 4 is 0 Å². The zero-order valence-corrected chi connectivity index (χ0v) is 7.99. The number of rotatable bonds is 5. The summed E-state index contributed by atoms with van der Waals surface area (Å²) in [6, 6.07) is 3.78. The summed E-state index contributed by atoms with van der Waals surface area (Å²) < 4.78 is 5.18. The van der Waals surface area contributed by atoms with Gasteiger partial charge in [-0.1, -0.05) is 6.92 Å². The maximum absolute atomic E-state index is 9.06. The summed E-state index contributed by atoms with van der Waals surface area (Å²) in [5, 5.41) is 9.06. The largest absolute Gasteiger partial charge is 0.469 e. The molecule has 0 fully saturated rings. The van der Waals surface area contributed by atoms with Crippen LogP contribution < -0.4 is 5.73 Å². The van der Waals surface area contributed by atoms with E-state index in [1.807, 2.05) is 19.1 Å². The van der Waals surface area contributed by atoms with Gasteiger partial charge in [0, 0.05) is 12.0 Å². The molecule has 1 atom stereocenters. The molecule has 0 radical (unpaired) electrons. The average molecular weight is 183 g/mol. The first kappa shape index (κ1) is 10.3. The molecule has 0 saturated heterocycles. The molecule has 1 aromatic rings. The third kappa shape index (κ3) is 2.86. The Hall–Kier alpha value is -0.800. The summed E-state index contributed by atoms with van der Waals surface area (Å²) in [6.07, 6.45) is 3.98. The van der Waals surface area contributed by atoms with E-state index in [0.29, 0.717) is 0 Å². The van der Waals surface area contributed by atoms with Crippen LogP contribution in [0.15, 0.2) is 22.8 Å². The third-order valence-electron chi connectivity index (χ3n) is 2.47. The molecule has 0 unspecified atom stereocenters. The van der Waals surface area contributed by atoms with Crippen LogP contribution in [-0.4, -0.2) is 17.3 Å². The van der Waals surface area contributed by atoms with E-state index in [2.05, 4.69) is 0 Å². The van der Waals surface area contributed by atoms with Crippen LogP contribution in [0.1, 0.15) is 25.5 Å². The van der Waals surface area contributed by atoms with Crippen LogP contribution in [0.25, 0.3) is 0 Å². The second-order valence-electron chi connectivity index (χ2n) is 3.45. The van der Waals surface area contributed by atoms with Crippen molar-refractivity contribution in [2.24, 2.45) is 5.73 Å². The van der Waals surface area contributed by atoms with Gasteiger partial charge in [0.05, 0.1) is 12.9 Å². The molecule has 1 rings (SSSR count). The molecule has 13 heavy (non-hydrogen) atoms. The van der Waals surface area contributed by atoms with Gasteiger partial charge in [-0.3, -0.25) is 0 Å². The summed E-state index contributed by atoms with van der Waals surface area (Å²) in [5.41, 5.74) is 5.47. The molecule has 0 aliphatic heterocycles.